The van der Waals surface area contributed by atoms with Crippen LogP contribution in [0.5, 0.6) is 0 Å². The zero-order chi connectivity index (χ0) is 11.5. The van der Waals surface area contributed by atoms with E-state index in [4.69, 9.17) is 0 Å². The molecule has 0 bridgehead atoms. The Hall–Kier alpha value is 0.0400. The van der Waals surface area contributed by atoms with Gasteiger partial charge in [0, 0.05) is 10.7 Å². The van der Waals surface area contributed by atoms with Crippen LogP contribution < -0.4 is 0 Å². The number of hydrogen-bond acceptors (Lipinski definition) is 0. The molecule has 0 atom stereocenters. The van der Waals surface area contributed by atoms with E-state index in [0.717, 1.165) is 16.7 Å². The van der Waals surface area contributed by atoms with Gasteiger partial charge >= 0.3 is 0 Å². The molecule has 1 aromatic rings. The third-order valence-electron chi connectivity index (χ3n) is 2.27. The third-order valence-corrected chi connectivity index (χ3v) is 4.98. The van der Waals surface area contributed by atoms with Gasteiger partial charge in [-0.2, -0.15) is 0 Å². The summed E-state index contributed by atoms with van der Waals surface area (Å²) in [5, 5.41) is 1.47. The molecule has 0 aliphatic heterocycles. The minimum absolute atomic E-state index is 0.103. The maximum absolute atomic E-state index is 13.4. The van der Waals surface area contributed by atoms with Crippen LogP contribution in [0.1, 0.15) is 12.5 Å². The summed E-state index contributed by atoms with van der Waals surface area (Å²) < 4.78 is 26.3. The second kappa shape index (κ2) is 5.39. The molecule has 0 aliphatic rings. The Balaban J connectivity index is 2.92. The van der Waals surface area contributed by atoms with Crippen molar-refractivity contribution in [2.24, 2.45) is 5.41 Å². The summed E-state index contributed by atoms with van der Waals surface area (Å²) in [6.07, 6.45) is 0.507. The van der Waals surface area contributed by atoms with Gasteiger partial charge in [0.15, 0.2) is 0 Å². The highest BCUT2D eigenvalue weighted by Gasteiger charge is 2.23. The number of alkyl halides is 2. The van der Waals surface area contributed by atoms with Gasteiger partial charge < -0.3 is 0 Å². The molecule has 0 fully saturated rings. The molecule has 4 heteroatoms. The zero-order valence-electron chi connectivity index (χ0n) is 8.37. The Labute approximate surface area is 105 Å². The third kappa shape index (κ3) is 3.52. The van der Waals surface area contributed by atoms with E-state index in [0.29, 0.717) is 12.0 Å². The lowest BCUT2D eigenvalue weighted by molar-refractivity contribution is 0.425. The topological polar surface area (TPSA) is 0 Å². The zero-order valence-corrected chi connectivity index (χ0v) is 11.5. The first kappa shape index (κ1) is 13.1. The largest absolute Gasteiger partial charge is 0.207 e. The van der Waals surface area contributed by atoms with Crippen molar-refractivity contribution in [1.82, 2.24) is 0 Å². The van der Waals surface area contributed by atoms with Gasteiger partial charge in [-0.25, -0.2) is 8.78 Å². The van der Waals surface area contributed by atoms with Crippen molar-refractivity contribution < 1.29 is 8.78 Å². The molecule has 0 amide bonds. The predicted octanol–water partition coefficient (Wildman–Crippen LogP) is 4.30. The molecule has 15 heavy (non-hydrogen) atoms. The molecule has 0 aliphatic carbocycles. The van der Waals surface area contributed by atoms with Gasteiger partial charge in [-0.05, 0) is 35.6 Å². The van der Waals surface area contributed by atoms with Gasteiger partial charge in [0.1, 0.15) is 11.6 Å². The minimum atomic E-state index is -0.391. The first-order valence-electron chi connectivity index (χ1n) is 4.56. The number of hydrogen-bond donors (Lipinski definition) is 0. The monoisotopic (exact) mass is 340 g/mol. The fraction of sp³-hybridized carbons (Fsp3) is 0.455. The van der Waals surface area contributed by atoms with Gasteiger partial charge in [0.25, 0.3) is 0 Å². The van der Waals surface area contributed by atoms with E-state index >= 15 is 0 Å². The molecule has 1 rings (SSSR count). The summed E-state index contributed by atoms with van der Waals surface area (Å²) in [6, 6.07) is 3.57. The summed E-state index contributed by atoms with van der Waals surface area (Å²) in [5.41, 5.74) is 0.325. The lowest BCUT2D eigenvalue weighted by Gasteiger charge is -2.24. The van der Waals surface area contributed by atoms with Gasteiger partial charge in [-0.1, -0.05) is 38.8 Å². The molecule has 0 saturated heterocycles. The van der Waals surface area contributed by atoms with Crippen LogP contribution >= 0.6 is 31.9 Å². The summed E-state index contributed by atoms with van der Waals surface area (Å²) in [7, 11) is 0. The van der Waals surface area contributed by atoms with Crippen LogP contribution in [0.2, 0.25) is 0 Å². The smallest absolute Gasteiger partial charge is 0.126 e. The Morgan fingerprint density at radius 3 is 2.33 bits per heavy atom. The molecule has 0 unspecified atom stereocenters. The maximum atomic E-state index is 13.4. The van der Waals surface area contributed by atoms with Crippen LogP contribution in [-0.4, -0.2) is 10.7 Å². The summed E-state index contributed by atoms with van der Waals surface area (Å²) in [5.74, 6) is -0.734. The standard InChI is InChI=1S/C11H12Br2F2/c1-11(6-12,7-13)5-8-4-9(14)2-3-10(8)15/h2-4H,5-7H2,1H3. The van der Waals surface area contributed by atoms with E-state index in [1.807, 2.05) is 6.92 Å². The molecule has 0 saturated carbocycles. The van der Waals surface area contributed by atoms with Gasteiger partial charge in [-0.3, -0.25) is 0 Å². The fourth-order valence-corrected chi connectivity index (χ4v) is 2.59. The Kier molecular flexibility index (Phi) is 4.71. The summed E-state index contributed by atoms with van der Waals surface area (Å²) in [4.78, 5) is 0. The van der Waals surface area contributed by atoms with Crippen LogP contribution in [-0.2, 0) is 6.42 Å². The lowest BCUT2D eigenvalue weighted by atomic mass is 9.88. The van der Waals surface area contributed by atoms with Crippen LogP contribution in [0.3, 0.4) is 0 Å². The Bertz CT molecular complexity index is 335. The summed E-state index contributed by atoms with van der Waals surface area (Å²) >= 11 is 6.77. The Morgan fingerprint density at radius 2 is 1.80 bits per heavy atom. The van der Waals surface area contributed by atoms with E-state index in [1.54, 1.807) is 0 Å². The molecule has 1 aromatic carbocycles. The second-order valence-electron chi connectivity index (χ2n) is 3.99. The number of benzene rings is 1. The highest BCUT2D eigenvalue weighted by Crippen LogP contribution is 2.28. The molecule has 0 spiro atoms. The average molecular weight is 342 g/mol. The van der Waals surface area contributed by atoms with E-state index in [9.17, 15) is 8.78 Å². The first-order chi connectivity index (χ1) is 7.00. The van der Waals surface area contributed by atoms with Gasteiger partial charge in [-0.15, -0.1) is 0 Å². The van der Waals surface area contributed by atoms with E-state index in [1.165, 1.54) is 12.1 Å². The van der Waals surface area contributed by atoms with E-state index in [2.05, 4.69) is 31.9 Å². The normalized spacial score (nSPS) is 11.8. The lowest BCUT2D eigenvalue weighted by Crippen LogP contribution is -2.23. The minimum Gasteiger partial charge on any atom is -0.207 e. The van der Waals surface area contributed by atoms with E-state index < -0.39 is 5.82 Å². The molecular weight excluding hydrogens is 330 g/mol. The van der Waals surface area contributed by atoms with Crippen molar-refractivity contribution in [2.75, 3.05) is 10.7 Å². The van der Waals surface area contributed by atoms with Crippen molar-refractivity contribution in [3.63, 3.8) is 0 Å². The van der Waals surface area contributed by atoms with Crippen molar-refractivity contribution in [2.45, 2.75) is 13.3 Å². The molecule has 0 nitrogen and oxygen atoms in total. The van der Waals surface area contributed by atoms with Crippen molar-refractivity contribution >= 4 is 31.9 Å². The predicted molar refractivity (Wildman–Crippen MR) is 65.8 cm³/mol. The van der Waals surface area contributed by atoms with Crippen LogP contribution in [0.4, 0.5) is 8.78 Å². The van der Waals surface area contributed by atoms with Crippen LogP contribution in [0.25, 0.3) is 0 Å². The molecule has 0 radical (unpaired) electrons. The average Bonchev–Trinajstić information content (AvgIpc) is 2.23. The summed E-state index contributed by atoms with van der Waals surface area (Å²) in [6.45, 7) is 2.01. The van der Waals surface area contributed by atoms with Crippen molar-refractivity contribution in [3.05, 3.63) is 35.4 Å². The molecule has 0 heterocycles. The number of halogens is 4. The molecule has 0 N–H and O–H groups in total. The highest BCUT2D eigenvalue weighted by atomic mass is 79.9. The van der Waals surface area contributed by atoms with Crippen LogP contribution in [0, 0.1) is 17.0 Å². The first-order valence-corrected chi connectivity index (χ1v) is 6.81. The Morgan fingerprint density at radius 1 is 1.20 bits per heavy atom. The van der Waals surface area contributed by atoms with Crippen LogP contribution in [0.15, 0.2) is 18.2 Å². The van der Waals surface area contributed by atoms with Crippen molar-refractivity contribution in [1.29, 1.82) is 0 Å². The molecular formula is C11H12Br2F2. The van der Waals surface area contributed by atoms with E-state index in [-0.39, 0.29) is 11.2 Å². The van der Waals surface area contributed by atoms with Gasteiger partial charge in [0.05, 0.1) is 0 Å². The molecule has 0 aromatic heterocycles. The van der Waals surface area contributed by atoms with Gasteiger partial charge in [0.2, 0.25) is 0 Å². The number of rotatable bonds is 4. The highest BCUT2D eigenvalue weighted by molar-refractivity contribution is 9.09. The maximum Gasteiger partial charge on any atom is 0.126 e. The second-order valence-corrected chi connectivity index (χ2v) is 5.11. The fourth-order valence-electron chi connectivity index (χ4n) is 1.27. The van der Waals surface area contributed by atoms with Crippen molar-refractivity contribution in [3.8, 4) is 0 Å². The quantitative estimate of drug-likeness (QED) is 0.716. The SMILES string of the molecule is CC(CBr)(CBr)Cc1cc(F)ccc1F. The molecule has 84 valence electrons.